The van der Waals surface area contributed by atoms with Crippen molar-refractivity contribution >= 4 is 53.5 Å². The molecule has 1 saturated heterocycles. The number of quaternary nitrogens is 1. The van der Waals surface area contributed by atoms with Crippen molar-refractivity contribution in [3.63, 3.8) is 0 Å². The topological polar surface area (TPSA) is 12.5 Å². The fourth-order valence-electron chi connectivity index (χ4n) is 4.57. The van der Waals surface area contributed by atoms with Crippen LogP contribution in [0.15, 0.2) is 86.2 Å². The van der Waals surface area contributed by atoms with Crippen LogP contribution < -0.4 is 28.5 Å². The summed E-state index contributed by atoms with van der Waals surface area (Å²) in [6, 6.07) is 26.3. The van der Waals surface area contributed by atoms with Crippen LogP contribution in [-0.2, 0) is 17.8 Å². The van der Waals surface area contributed by atoms with Gasteiger partial charge in [0.15, 0.2) is 0 Å². The molecular formula is C27H30Br3IN2O. The van der Waals surface area contributed by atoms with Crippen LogP contribution in [0, 0.1) is 0 Å². The molecule has 0 aliphatic carbocycles. The van der Waals surface area contributed by atoms with E-state index in [1.165, 1.54) is 16.8 Å². The van der Waals surface area contributed by atoms with Crippen LogP contribution in [0.2, 0.25) is 0 Å². The zero-order chi connectivity index (χ0) is 23.1. The second-order valence-corrected chi connectivity index (χ2v) is 11.5. The Hall–Kier alpha value is -0.290. The van der Waals surface area contributed by atoms with Gasteiger partial charge in [0, 0.05) is 51.6 Å². The molecule has 0 unspecified atom stereocenters. The van der Waals surface area contributed by atoms with Gasteiger partial charge in [-0.2, -0.15) is 0 Å². The SMILES string of the molecule is Brc1ccc(CN(CCC[N+]2(c3ccc(Br)cc3)CCOCC2)Cc2ccc(Br)cc2)cc1.[I-]. The number of halogens is 4. The molecule has 1 heterocycles. The number of morpholine rings is 1. The van der Waals surface area contributed by atoms with Crippen molar-refractivity contribution < 1.29 is 28.7 Å². The van der Waals surface area contributed by atoms with Crippen LogP contribution in [0.4, 0.5) is 5.69 Å². The molecule has 1 aliphatic rings. The zero-order valence-corrected chi connectivity index (χ0v) is 26.0. The third-order valence-corrected chi connectivity index (χ3v) is 7.99. The van der Waals surface area contributed by atoms with E-state index in [0.29, 0.717) is 0 Å². The largest absolute Gasteiger partial charge is 1.00 e. The molecule has 1 fully saturated rings. The van der Waals surface area contributed by atoms with Crippen molar-refractivity contribution in [1.82, 2.24) is 9.38 Å². The molecule has 182 valence electrons. The number of rotatable bonds is 9. The summed E-state index contributed by atoms with van der Waals surface area (Å²) in [4.78, 5) is 2.57. The molecule has 0 aromatic heterocycles. The number of ether oxygens (including phenoxy) is 1. The molecule has 3 nitrogen and oxygen atoms in total. The number of nitrogens with zero attached hydrogens (tertiary/aromatic N) is 2. The van der Waals surface area contributed by atoms with Gasteiger partial charge in [-0.1, -0.05) is 72.1 Å². The van der Waals surface area contributed by atoms with Crippen LogP contribution in [0.3, 0.4) is 0 Å². The second-order valence-electron chi connectivity index (χ2n) is 8.72. The molecule has 3 aromatic rings. The lowest BCUT2D eigenvalue weighted by atomic mass is 10.1. The van der Waals surface area contributed by atoms with Gasteiger partial charge in [-0.25, -0.2) is 0 Å². The smallest absolute Gasteiger partial charge is 0.133 e. The highest BCUT2D eigenvalue weighted by Crippen LogP contribution is 2.27. The normalized spacial score (nSPS) is 15.2. The van der Waals surface area contributed by atoms with Crippen LogP contribution in [-0.4, -0.2) is 44.3 Å². The van der Waals surface area contributed by atoms with Gasteiger partial charge in [0.1, 0.15) is 18.8 Å². The van der Waals surface area contributed by atoms with E-state index >= 15 is 0 Å². The Labute approximate surface area is 245 Å². The lowest BCUT2D eigenvalue weighted by Gasteiger charge is -2.41. The summed E-state index contributed by atoms with van der Waals surface area (Å²) in [5.41, 5.74) is 4.09. The maximum absolute atomic E-state index is 5.73. The van der Waals surface area contributed by atoms with Gasteiger partial charge in [-0.15, -0.1) is 0 Å². The molecule has 1 aliphatic heterocycles. The van der Waals surface area contributed by atoms with E-state index in [-0.39, 0.29) is 24.0 Å². The average molecular weight is 765 g/mol. The third-order valence-electron chi connectivity index (χ3n) is 6.40. The molecule has 34 heavy (non-hydrogen) atoms. The molecule has 0 amide bonds. The zero-order valence-electron chi connectivity index (χ0n) is 19.1. The van der Waals surface area contributed by atoms with Gasteiger partial charge in [-0.3, -0.25) is 9.38 Å². The van der Waals surface area contributed by atoms with Crippen molar-refractivity contribution in [3.05, 3.63) is 97.3 Å². The fourth-order valence-corrected chi connectivity index (χ4v) is 5.36. The van der Waals surface area contributed by atoms with Gasteiger partial charge in [0.05, 0.1) is 19.8 Å². The third kappa shape index (κ3) is 8.11. The lowest BCUT2D eigenvalue weighted by Crippen LogP contribution is -3.00. The van der Waals surface area contributed by atoms with Crippen LogP contribution in [0.1, 0.15) is 17.5 Å². The average Bonchev–Trinajstić information content (AvgIpc) is 2.83. The van der Waals surface area contributed by atoms with E-state index in [2.05, 4.69) is 125 Å². The Morgan fingerprint density at radius 1 is 0.676 bits per heavy atom. The molecule has 0 spiro atoms. The maximum atomic E-state index is 5.73. The molecule has 0 bridgehead atoms. The van der Waals surface area contributed by atoms with Crippen molar-refractivity contribution in [1.29, 1.82) is 0 Å². The highest BCUT2D eigenvalue weighted by Gasteiger charge is 2.32. The van der Waals surface area contributed by atoms with Crippen molar-refractivity contribution in [2.24, 2.45) is 0 Å². The molecular weight excluding hydrogens is 735 g/mol. The molecule has 3 aromatic carbocycles. The van der Waals surface area contributed by atoms with Crippen LogP contribution >= 0.6 is 47.8 Å². The summed E-state index contributed by atoms with van der Waals surface area (Å²) in [6.07, 6.45) is 1.14. The number of hydrogen-bond donors (Lipinski definition) is 0. The molecule has 0 radical (unpaired) electrons. The van der Waals surface area contributed by atoms with Crippen LogP contribution in [0.5, 0.6) is 0 Å². The molecule has 0 saturated carbocycles. The van der Waals surface area contributed by atoms with Gasteiger partial charge in [0.2, 0.25) is 0 Å². The van der Waals surface area contributed by atoms with Gasteiger partial charge in [0.25, 0.3) is 0 Å². The maximum Gasteiger partial charge on any atom is 0.133 e. The highest BCUT2D eigenvalue weighted by molar-refractivity contribution is 9.11. The summed E-state index contributed by atoms with van der Waals surface area (Å²) < 4.78 is 10.1. The monoisotopic (exact) mass is 762 g/mol. The highest BCUT2D eigenvalue weighted by atomic mass is 127. The lowest BCUT2D eigenvalue weighted by molar-refractivity contribution is -0.00000870. The summed E-state index contributed by atoms with van der Waals surface area (Å²) in [5.74, 6) is 0. The quantitative estimate of drug-likeness (QED) is 0.237. The van der Waals surface area contributed by atoms with E-state index in [4.69, 9.17) is 4.74 Å². The summed E-state index contributed by atoms with van der Waals surface area (Å²) >= 11 is 10.7. The first-order valence-electron chi connectivity index (χ1n) is 11.4. The summed E-state index contributed by atoms with van der Waals surface area (Å²) in [6.45, 7) is 7.83. The fraction of sp³-hybridized carbons (Fsp3) is 0.333. The van der Waals surface area contributed by atoms with E-state index in [9.17, 15) is 0 Å². The minimum absolute atomic E-state index is 0. The van der Waals surface area contributed by atoms with Crippen LogP contribution in [0.25, 0.3) is 0 Å². The second kappa shape index (κ2) is 13.9. The molecule has 4 rings (SSSR count). The number of benzene rings is 3. The van der Waals surface area contributed by atoms with Gasteiger partial charge >= 0.3 is 0 Å². The Morgan fingerprint density at radius 2 is 1.12 bits per heavy atom. The van der Waals surface area contributed by atoms with Gasteiger partial charge < -0.3 is 28.7 Å². The molecule has 0 atom stereocenters. The Bertz CT molecular complexity index is 960. The van der Waals surface area contributed by atoms with Gasteiger partial charge in [-0.05, 0) is 47.5 Å². The first-order valence-corrected chi connectivity index (χ1v) is 13.8. The first kappa shape index (κ1) is 28.3. The first-order chi connectivity index (χ1) is 16.0. The summed E-state index contributed by atoms with van der Waals surface area (Å²) in [5, 5.41) is 0. The van der Waals surface area contributed by atoms with E-state index in [1.54, 1.807) is 0 Å². The summed E-state index contributed by atoms with van der Waals surface area (Å²) in [7, 11) is 0. The predicted molar refractivity (Wildman–Crippen MR) is 148 cm³/mol. The minimum Gasteiger partial charge on any atom is -1.00 e. The number of hydrogen-bond acceptors (Lipinski definition) is 2. The van der Waals surface area contributed by atoms with E-state index in [0.717, 1.165) is 76.8 Å². The minimum atomic E-state index is 0. The Kier molecular flexibility index (Phi) is 11.5. The van der Waals surface area contributed by atoms with E-state index in [1.807, 2.05) is 0 Å². The van der Waals surface area contributed by atoms with E-state index < -0.39 is 0 Å². The molecule has 0 N–H and O–H groups in total. The molecule has 7 heteroatoms. The van der Waals surface area contributed by atoms with Crippen molar-refractivity contribution in [2.45, 2.75) is 19.5 Å². The van der Waals surface area contributed by atoms with Crippen molar-refractivity contribution in [2.75, 3.05) is 39.4 Å². The van der Waals surface area contributed by atoms with Crippen molar-refractivity contribution in [3.8, 4) is 0 Å². The Morgan fingerprint density at radius 3 is 1.59 bits per heavy atom. The standard InChI is InChI=1S/C27H30Br3N2O.HI/c28-24-6-2-22(3-7-24)20-31(21-23-4-8-25(29)9-5-23)14-1-15-32(16-18-33-19-17-32)27-12-10-26(30)11-13-27;/h2-13H,1,14-21H2;1H/q+1;/p-1. The predicted octanol–water partition coefficient (Wildman–Crippen LogP) is 4.41. The Balaban J connectivity index is 0.00000324.